The van der Waals surface area contributed by atoms with Crippen molar-refractivity contribution in [3.8, 4) is 0 Å². The zero-order chi connectivity index (χ0) is 37.4. The summed E-state index contributed by atoms with van der Waals surface area (Å²) in [5.41, 5.74) is 5.94. The molecule has 4 rings (SSSR count). The van der Waals surface area contributed by atoms with Crippen molar-refractivity contribution in [2.75, 3.05) is 54.9 Å². The number of hydrogen-bond acceptors (Lipinski definition) is 8. The Balaban J connectivity index is 0.000000320. The van der Waals surface area contributed by atoms with Crippen molar-refractivity contribution < 1.29 is 39.4 Å². The van der Waals surface area contributed by atoms with Crippen molar-refractivity contribution in [2.24, 2.45) is 45.3 Å². The molecule has 0 amide bonds. The van der Waals surface area contributed by atoms with E-state index in [4.69, 9.17) is 39.4 Å². The summed E-state index contributed by atoms with van der Waals surface area (Å²) >= 11 is 0. The topological polar surface area (TPSA) is 118 Å². The SMILES string of the molecule is CO/C(C)=C1/C[C@@H](CO)C1(C)C.CO/C(C)=C1/C[C@H](CO)C1(C)C.CO/C(C)=C1\C[C@@H](CO)C1(C)C.CO/C(C)=C1\C[C@H](CO)C1(C)C. The van der Waals surface area contributed by atoms with Gasteiger partial charge in [0.15, 0.2) is 0 Å². The van der Waals surface area contributed by atoms with Crippen LogP contribution in [0.15, 0.2) is 45.3 Å². The maximum atomic E-state index is 9.03. The van der Waals surface area contributed by atoms with E-state index in [9.17, 15) is 0 Å². The van der Waals surface area contributed by atoms with Gasteiger partial charge in [-0.25, -0.2) is 0 Å². The molecular weight excluding hydrogens is 608 g/mol. The third kappa shape index (κ3) is 9.21. The van der Waals surface area contributed by atoms with Crippen LogP contribution in [0.5, 0.6) is 0 Å². The van der Waals surface area contributed by atoms with Gasteiger partial charge in [0.05, 0.1) is 51.5 Å². The van der Waals surface area contributed by atoms with Crippen LogP contribution in [0.4, 0.5) is 0 Å². The van der Waals surface area contributed by atoms with Crippen LogP contribution < -0.4 is 0 Å². The summed E-state index contributed by atoms with van der Waals surface area (Å²) < 4.78 is 20.7. The van der Waals surface area contributed by atoms with Crippen LogP contribution in [0.25, 0.3) is 0 Å². The van der Waals surface area contributed by atoms with Gasteiger partial charge in [-0.05, 0) is 121 Å². The van der Waals surface area contributed by atoms with Crippen molar-refractivity contribution in [1.82, 2.24) is 0 Å². The molecule has 4 aliphatic carbocycles. The first-order chi connectivity index (χ1) is 22.1. The van der Waals surface area contributed by atoms with E-state index in [1.807, 2.05) is 27.7 Å². The summed E-state index contributed by atoms with van der Waals surface area (Å²) in [6.07, 6.45) is 3.96. The zero-order valence-corrected chi connectivity index (χ0v) is 33.4. The van der Waals surface area contributed by atoms with Gasteiger partial charge in [-0.1, -0.05) is 55.4 Å². The average Bonchev–Trinajstić information content (AvgIpc) is 3.03. The molecule has 0 unspecified atom stereocenters. The zero-order valence-electron chi connectivity index (χ0n) is 33.4. The lowest BCUT2D eigenvalue weighted by atomic mass is 9.58. The number of aliphatic hydroxyl groups is 4. The molecule has 4 N–H and O–H groups in total. The Labute approximate surface area is 293 Å². The summed E-state index contributed by atoms with van der Waals surface area (Å²) in [5, 5.41) is 36.1. The minimum Gasteiger partial charge on any atom is -0.501 e. The Morgan fingerprint density at radius 1 is 0.417 bits per heavy atom. The third-order valence-corrected chi connectivity index (χ3v) is 12.8. The molecule has 48 heavy (non-hydrogen) atoms. The number of ether oxygens (including phenoxy) is 4. The standard InChI is InChI=1S/4C10H18O2/c4*1-7(12-4)9-5-8(6-11)10(9,2)3/h4*8,11H,5-6H2,1-4H3/b2*9-7+;2*9-7-/t4*8-/m1010/s1. The molecule has 0 saturated heterocycles. The van der Waals surface area contributed by atoms with Gasteiger partial charge < -0.3 is 39.4 Å². The highest BCUT2D eigenvalue weighted by molar-refractivity contribution is 5.29. The second kappa shape index (κ2) is 17.8. The molecule has 0 aromatic rings. The Hall–Kier alpha value is -2.00. The Kier molecular flexibility index (Phi) is 16.3. The maximum absolute atomic E-state index is 9.03. The van der Waals surface area contributed by atoms with Crippen LogP contribution in [0.3, 0.4) is 0 Å². The van der Waals surface area contributed by atoms with Crippen molar-refractivity contribution in [3.63, 3.8) is 0 Å². The number of methoxy groups -OCH3 is 4. The number of rotatable bonds is 8. The second-order valence-electron chi connectivity index (χ2n) is 16.2. The molecule has 0 aromatic carbocycles. The van der Waals surface area contributed by atoms with E-state index in [1.54, 1.807) is 28.4 Å². The lowest BCUT2D eigenvalue weighted by molar-refractivity contribution is 0.0745. The minimum atomic E-state index is 0.134. The van der Waals surface area contributed by atoms with Gasteiger partial charge in [-0.3, -0.25) is 0 Å². The summed E-state index contributed by atoms with van der Waals surface area (Å²) in [4.78, 5) is 0. The molecule has 8 nitrogen and oxygen atoms in total. The van der Waals surface area contributed by atoms with E-state index in [1.165, 1.54) is 22.3 Å². The normalized spacial score (nSPS) is 30.9. The van der Waals surface area contributed by atoms with Crippen LogP contribution in [0.2, 0.25) is 0 Å². The Morgan fingerprint density at radius 3 is 0.646 bits per heavy atom. The number of hydrogen-bond donors (Lipinski definition) is 4. The molecule has 4 saturated carbocycles. The maximum Gasteiger partial charge on any atom is 0.0922 e. The minimum absolute atomic E-state index is 0.134. The summed E-state index contributed by atoms with van der Waals surface area (Å²) in [5.74, 6) is 5.73. The molecule has 280 valence electrons. The average molecular weight is 681 g/mol. The fourth-order valence-corrected chi connectivity index (χ4v) is 7.57. The summed E-state index contributed by atoms with van der Waals surface area (Å²) in [6.45, 7) is 26.4. The second-order valence-corrected chi connectivity index (χ2v) is 16.2. The molecule has 4 fully saturated rings. The number of allylic oxidation sites excluding steroid dienone is 8. The molecule has 8 heteroatoms. The molecule has 0 aromatic heterocycles. The highest BCUT2D eigenvalue weighted by Gasteiger charge is 2.46. The Morgan fingerprint density at radius 2 is 0.562 bits per heavy atom. The highest BCUT2D eigenvalue weighted by Crippen LogP contribution is 2.54. The van der Waals surface area contributed by atoms with Gasteiger partial charge in [0.1, 0.15) is 0 Å². The fourth-order valence-electron chi connectivity index (χ4n) is 7.57. The predicted octanol–water partition coefficient (Wildman–Crippen LogP) is 7.78. The monoisotopic (exact) mass is 681 g/mol. The van der Waals surface area contributed by atoms with Crippen molar-refractivity contribution in [2.45, 2.75) is 109 Å². The molecule has 0 radical (unpaired) electrons. The highest BCUT2D eigenvalue weighted by atomic mass is 16.5. The van der Waals surface area contributed by atoms with Crippen LogP contribution in [0.1, 0.15) is 109 Å². The quantitative estimate of drug-likeness (QED) is 0.192. The summed E-state index contributed by atoms with van der Waals surface area (Å²) in [7, 11) is 6.80. The van der Waals surface area contributed by atoms with Crippen molar-refractivity contribution >= 4 is 0 Å². The van der Waals surface area contributed by atoms with Crippen molar-refractivity contribution in [3.05, 3.63) is 45.3 Å². The largest absolute Gasteiger partial charge is 0.501 e. The van der Waals surface area contributed by atoms with Crippen LogP contribution in [-0.4, -0.2) is 75.3 Å². The Bertz CT molecular complexity index is 1000. The third-order valence-electron chi connectivity index (χ3n) is 12.8. The molecule has 4 atom stereocenters. The molecule has 4 aliphatic rings. The van der Waals surface area contributed by atoms with Gasteiger partial charge in [-0.2, -0.15) is 0 Å². The van der Waals surface area contributed by atoms with Gasteiger partial charge in [0, 0.05) is 26.4 Å². The van der Waals surface area contributed by atoms with Crippen molar-refractivity contribution in [1.29, 1.82) is 0 Å². The first-order valence-electron chi connectivity index (χ1n) is 17.5. The lowest BCUT2D eigenvalue weighted by Crippen LogP contribution is -2.40. The van der Waals surface area contributed by atoms with E-state index in [-0.39, 0.29) is 48.1 Å². The molecule has 0 spiro atoms. The molecule has 0 aliphatic heterocycles. The number of aliphatic hydroxyl groups excluding tert-OH is 4. The molecule has 0 bridgehead atoms. The van der Waals surface area contributed by atoms with Crippen LogP contribution >= 0.6 is 0 Å². The fraction of sp³-hybridized carbons (Fsp3) is 0.800. The van der Waals surface area contributed by atoms with Gasteiger partial charge in [0.25, 0.3) is 0 Å². The van der Waals surface area contributed by atoms with E-state index < -0.39 is 0 Å². The first-order valence-corrected chi connectivity index (χ1v) is 17.5. The van der Waals surface area contributed by atoms with E-state index in [2.05, 4.69) is 55.4 Å². The lowest BCUT2D eigenvalue weighted by Gasteiger charge is -2.47. The predicted molar refractivity (Wildman–Crippen MR) is 195 cm³/mol. The molecular formula is C40H72O8. The summed E-state index contributed by atoms with van der Waals surface area (Å²) in [6, 6.07) is 0. The van der Waals surface area contributed by atoms with E-state index >= 15 is 0 Å². The molecule has 0 heterocycles. The van der Waals surface area contributed by atoms with Crippen LogP contribution in [0, 0.1) is 45.3 Å². The van der Waals surface area contributed by atoms with E-state index in [0.717, 1.165) is 48.7 Å². The van der Waals surface area contributed by atoms with Gasteiger partial charge >= 0.3 is 0 Å². The smallest absolute Gasteiger partial charge is 0.0922 e. The van der Waals surface area contributed by atoms with Gasteiger partial charge in [-0.15, -0.1) is 0 Å². The first kappa shape index (κ1) is 44.0. The van der Waals surface area contributed by atoms with Crippen LogP contribution in [-0.2, 0) is 18.9 Å². The van der Waals surface area contributed by atoms with E-state index in [0.29, 0.717) is 23.7 Å². The van der Waals surface area contributed by atoms with Gasteiger partial charge in [0.2, 0.25) is 0 Å².